The molecule has 0 spiro atoms. The molecule has 1 unspecified atom stereocenters. The summed E-state index contributed by atoms with van der Waals surface area (Å²) in [5.74, 6) is -1.32. The standard InChI is InChI=1S/C18H17N5O5.C17H15N5O5.Co/c1-4-10(2)9-22-17(25)13(8-19)11(3)16(18(22)26)21-20-14-7-12(23(27)28)5-6-15(14)24;1-4-7-21-16(24)12(9-18)10(2)15(17(21)27-3)20-19-13-8-11(22(25)26)5-6-14(13)23;/h4-7,10,24,26H,1,9H2,2-3H3;4-6,8,23H,1,7H2,2-3H3;. The molecule has 4 aromatic rings. The van der Waals surface area contributed by atoms with E-state index in [0.29, 0.717) is 0 Å². The molecule has 3 N–H and O–H groups in total. The first kappa shape index (κ1) is 44.7. The molecule has 0 saturated carbocycles. The molecule has 21 heteroatoms. The number of aromatic nitrogens is 2. The molecule has 0 saturated heterocycles. The molecule has 1 radical (unpaired) electrons. The number of allylic oxidation sites excluding steroid dienone is 2. The molecule has 2 aromatic carbocycles. The predicted octanol–water partition coefficient (Wildman–Crippen LogP) is 6.84. The van der Waals surface area contributed by atoms with Crippen LogP contribution < -0.4 is 15.9 Å². The monoisotopic (exact) mass is 811 g/mol. The van der Waals surface area contributed by atoms with Gasteiger partial charge in [0, 0.05) is 65.3 Å². The van der Waals surface area contributed by atoms with E-state index >= 15 is 0 Å². The number of ether oxygens (including phenoxy) is 1. The number of rotatable bonds is 12. The molecule has 1 atom stereocenters. The summed E-state index contributed by atoms with van der Waals surface area (Å²) in [6.07, 6.45) is 3.04. The predicted molar refractivity (Wildman–Crippen MR) is 196 cm³/mol. The van der Waals surface area contributed by atoms with Crippen LogP contribution in [0.25, 0.3) is 0 Å². The van der Waals surface area contributed by atoms with Crippen LogP contribution in [-0.4, -0.2) is 41.4 Å². The first-order valence-corrected chi connectivity index (χ1v) is 15.7. The summed E-state index contributed by atoms with van der Waals surface area (Å²) in [7, 11) is 1.32. The van der Waals surface area contributed by atoms with Crippen LogP contribution in [0.1, 0.15) is 29.2 Å². The Kier molecular flexibility index (Phi) is 15.6. The summed E-state index contributed by atoms with van der Waals surface area (Å²) in [4.78, 5) is 45.3. The summed E-state index contributed by atoms with van der Waals surface area (Å²) < 4.78 is 7.40. The Balaban J connectivity index is 0.000000380. The van der Waals surface area contributed by atoms with Gasteiger partial charge in [0.05, 0.1) is 17.0 Å². The van der Waals surface area contributed by atoms with Gasteiger partial charge < -0.3 is 20.1 Å². The Morgan fingerprint density at radius 1 is 0.839 bits per heavy atom. The summed E-state index contributed by atoms with van der Waals surface area (Å²) in [6, 6.07) is 10.1. The SMILES string of the molecule is C=CC(C)Cn1c(O)c(N=Nc2cc([N+](=O)[O-])ccc2O)c(C)c(C#N)c1=O.C=CCn1c(OC)c(N=Nc2cc([N+](=O)[O-])ccc2O)c(C)c(C#N)c1=O.[Co]. The summed E-state index contributed by atoms with van der Waals surface area (Å²) in [6.45, 7) is 12.0. The van der Waals surface area contributed by atoms with Gasteiger partial charge in [0.25, 0.3) is 22.5 Å². The molecule has 291 valence electrons. The molecule has 56 heavy (non-hydrogen) atoms. The van der Waals surface area contributed by atoms with Gasteiger partial charge in [-0.25, -0.2) is 0 Å². The minimum absolute atomic E-state index is 0. The number of hydrogen-bond donors (Lipinski definition) is 3. The molecule has 0 aliphatic heterocycles. The van der Waals surface area contributed by atoms with E-state index in [0.717, 1.165) is 41.0 Å². The molecular formula is C35H32CoN10O10. The van der Waals surface area contributed by atoms with Gasteiger partial charge >= 0.3 is 0 Å². The number of phenolic OH excluding ortho intramolecular Hbond substituents is 2. The molecule has 2 heterocycles. The number of non-ortho nitro benzene ring substituents is 2. The second-order valence-corrected chi connectivity index (χ2v) is 11.3. The maximum absolute atomic E-state index is 12.5. The van der Waals surface area contributed by atoms with E-state index in [4.69, 9.17) is 4.74 Å². The molecule has 0 fully saturated rings. The zero-order chi connectivity index (χ0) is 41.1. The van der Waals surface area contributed by atoms with Crippen molar-refractivity contribution in [3.63, 3.8) is 0 Å². The number of azo groups is 2. The van der Waals surface area contributed by atoms with Gasteiger partial charge in [-0.15, -0.1) is 33.6 Å². The smallest absolute Gasteiger partial charge is 0.271 e. The molecule has 0 bridgehead atoms. The average molecular weight is 812 g/mol. The van der Waals surface area contributed by atoms with Gasteiger partial charge in [0.2, 0.25) is 11.8 Å². The number of benzene rings is 2. The number of nitro benzene ring substituents is 2. The van der Waals surface area contributed by atoms with E-state index < -0.39 is 26.8 Å². The maximum Gasteiger partial charge on any atom is 0.271 e. The summed E-state index contributed by atoms with van der Waals surface area (Å²) in [5, 5.41) is 85.9. The van der Waals surface area contributed by atoms with Crippen molar-refractivity contribution >= 4 is 34.1 Å². The topological polar surface area (TPSA) is 297 Å². The Morgan fingerprint density at radius 2 is 1.29 bits per heavy atom. The fourth-order valence-electron chi connectivity index (χ4n) is 4.75. The molecule has 0 aliphatic rings. The van der Waals surface area contributed by atoms with E-state index in [9.17, 15) is 55.7 Å². The van der Waals surface area contributed by atoms with Gasteiger partial charge in [-0.1, -0.05) is 19.1 Å². The second-order valence-electron chi connectivity index (χ2n) is 11.3. The van der Waals surface area contributed by atoms with Crippen LogP contribution in [0.15, 0.2) is 91.8 Å². The van der Waals surface area contributed by atoms with Crippen molar-refractivity contribution < 1.29 is 46.7 Å². The van der Waals surface area contributed by atoms with E-state index in [1.807, 2.05) is 6.07 Å². The summed E-state index contributed by atoms with van der Waals surface area (Å²) >= 11 is 0. The van der Waals surface area contributed by atoms with Crippen molar-refractivity contribution in [2.45, 2.75) is 33.9 Å². The Morgan fingerprint density at radius 3 is 1.70 bits per heavy atom. The first-order chi connectivity index (χ1) is 26.1. The number of aromatic hydroxyl groups is 3. The van der Waals surface area contributed by atoms with Crippen molar-refractivity contribution in [1.82, 2.24) is 9.13 Å². The van der Waals surface area contributed by atoms with Gasteiger partial charge in [0.15, 0.2) is 11.4 Å². The van der Waals surface area contributed by atoms with Crippen LogP contribution in [0.4, 0.5) is 34.1 Å². The van der Waals surface area contributed by atoms with Crippen LogP contribution >= 0.6 is 0 Å². The third-order valence-electron chi connectivity index (χ3n) is 7.75. The van der Waals surface area contributed by atoms with Crippen molar-refractivity contribution in [2.75, 3.05) is 7.11 Å². The molecule has 0 aliphatic carbocycles. The van der Waals surface area contributed by atoms with Crippen LogP contribution in [0.5, 0.6) is 23.3 Å². The minimum atomic E-state index is -0.677. The Bertz CT molecular complexity index is 2480. The molecule has 20 nitrogen and oxygen atoms in total. The fraction of sp³-hybridized carbons (Fsp3) is 0.200. The van der Waals surface area contributed by atoms with Crippen LogP contribution in [0, 0.1) is 62.7 Å². The van der Waals surface area contributed by atoms with Crippen LogP contribution in [0.3, 0.4) is 0 Å². The molecule has 2 aromatic heterocycles. The van der Waals surface area contributed by atoms with E-state index in [1.54, 1.807) is 19.1 Å². The zero-order valence-corrected chi connectivity index (χ0v) is 31.1. The van der Waals surface area contributed by atoms with E-state index in [-0.39, 0.29) is 110 Å². The molecule has 4 rings (SSSR count). The molecule has 0 amide bonds. The van der Waals surface area contributed by atoms with Crippen LogP contribution in [0.2, 0.25) is 0 Å². The molecular weight excluding hydrogens is 779 g/mol. The Hall–Kier alpha value is -7.49. The summed E-state index contributed by atoms with van der Waals surface area (Å²) in [5.41, 5.74) is -2.29. The van der Waals surface area contributed by atoms with Gasteiger partial charge in [-0.2, -0.15) is 10.5 Å². The van der Waals surface area contributed by atoms with Crippen molar-refractivity contribution in [1.29, 1.82) is 10.5 Å². The largest absolute Gasteiger partial charge is 0.506 e. The van der Waals surface area contributed by atoms with E-state index in [1.165, 1.54) is 31.6 Å². The van der Waals surface area contributed by atoms with Crippen molar-refractivity contribution in [2.24, 2.45) is 26.4 Å². The number of pyridine rings is 2. The normalized spacial score (nSPS) is 11.0. The third kappa shape index (κ3) is 9.73. The number of nitrogens with zero attached hydrogens (tertiary/aromatic N) is 10. The second kappa shape index (κ2) is 19.5. The fourth-order valence-corrected chi connectivity index (χ4v) is 4.75. The van der Waals surface area contributed by atoms with Crippen molar-refractivity contribution in [3.05, 3.63) is 125 Å². The quantitative estimate of drug-likeness (QED) is 0.0574. The number of phenols is 2. The van der Waals surface area contributed by atoms with Gasteiger partial charge in [0.1, 0.15) is 46.1 Å². The number of methoxy groups -OCH3 is 1. The van der Waals surface area contributed by atoms with Gasteiger partial charge in [-0.05, 0) is 31.9 Å². The van der Waals surface area contributed by atoms with Gasteiger partial charge in [-0.3, -0.25) is 39.0 Å². The average Bonchev–Trinajstić information content (AvgIpc) is 3.15. The Labute approximate surface area is 327 Å². The van der Waals surface area contributed by atoms with E-state index in [2.05, 4.69) is 33.6 Å². The van der Waals surface area contributed by atoms with Crippen LogP contribution in [-0.2, 0) is 29.9 Å². The maximum atomic E-state index is 12.5. The minimum Gasteiger partial charge on any atom is -0.506 e. The number of nitro groups is 2. The number of hydrogen-bond acceptors (Lipinski definition) is 16. The zero-order valence-electron chi connectivity index (χ0n) is 30.0. The number of nitriles is 2. The van der Waals surface area contributed by atoms with Crippen molar-refractivity contribution in [3.8, 4) is 35.4 Å². The third-order valence-corrected chi connectivity index (χ3v) is 7.75. The first-order valence-electron chi connectivity index (χ1n) is 15.7.